The van der Waals surface area contributed by atoms with Gasteiger partial charge in [0.05, 0.1) is 19.8 Å². The van der Waals surface area contributed by atoms with Gasteiger partial charge in [0.1, 0.15) is 6.61 Å². The van der Waals surface area contributed by atoms with Gasteiger partial charge < -0.3 is 14.8 Å². The molecule has 1 saturated heterocycles. The van der Waals surface area contributed by atoms with Gasteiger partial charge in [0.25, 0.3) is 0 Å². The molecule has 1 aliphatic rings. The number of nitrogens with one attached hydrogen (secondary N) is 1. The van der Waals surface area contributed by atoms with E-state index in [1.54, 1.807) is 6.92 Å². The summed E-state index contributed by atoms with van der Waals surface area (Å²) in [4.78, 5) is 47.5. The Balaban J connectivity index is 2.00. The van der Waals surface area contributed by atoms with Crippen LogP contribution in [0.25, 0.3) is 0 Å². The summed E-state index contributed by atoms with van der Waals surface area (Å²) in [5.41, 5.74) is 0. The number of rotatable bonds is 12. The number of hydrogen-bond donors (Lipinski definition) is 1. The zero-order valence-corrected chi connectivity index (χ0v) is 15.2. The van der Waals surface area contributed by atoms with Gasteiger partial charge in [-0.15, -0.1) is 0 Å². The molecule has 8 heteroatoms. The summed E-state index contributed by atoms with van der Waals surface area (Å²) in [5.74, 6) is -0.937. The number of carbonyl (C=O) groups excluding carboxylic acids is 4. The molecule has 1 unspecified atom stereocenters. The molecule has 25 heavy (non-hydrogen) atoms. The fourth-order valence-corrected chi connectivity index (χ4v) is 2.21. The number of carbonyl (C=O) groups is 4. The van der Waals surface area contributed by atoms with Crippen LogP contribution in [0.4, 0.5) is 0 Å². The first-order valence-electron chi connectivity index (χ1n) is 8.62. The topological polar surface area (TPSA) is 102 Å². The summed E-state index contributed by atoms with van der Waals surface area (Å²) in [7, 11) is 0. The van der Waals surface area contributed by atoms with Crippen LogP contribution in [0.15, 0.2) is 0 Å². The van der Waals surface area contributed by atoms with Crippen LogP contribution in [0.3, 0.4) is 0 Å². The van der Waals surface area contributed by atoms with E-state index in [9.17, 15) is 19.2 Å². The number of Topliss-reactive ketones (excluding diaryl/α,β-unsaturated/α-hetero) is 1. The molecule has 0 bridgehead atoms. The fourth-order valence-electron chi connectivity index (χ4n) is 2.21. The molecule has 1 aliphatic heterocycles. The summed E-state index contributed by atoms with van der Waals surface area (Å²) >= 11 is 0. The fraction of sp³-hybridized carbons (Fsp3) is 0.765. The first kappa shape index (κ1) is 21.2. The second kappa shape index (κ2) is 10.9. The van der Waals surface area contributed by atoms with Gasteiger partial charge >= 0.3 is 0 Å². The molecule has 0 aromatic rings. The Hall–Kier alpha value is -1.80. The molecule has 1 rings (SSSR count). The predicted octanol–water partition coefficient (Wildman–Crippen LogP) is 0.146. The van der Waals surface area contributed by atoms with E-state index in [1.165, 1.54) is 0 Å². The van der Waals surface area contributed by atoms with Crippen LogP contribution < -0.4 is 5.32 Å². The third-order valence-electron chi connectivity index (χ3n) is 3.86. The van der Waals surface area contributed by atoms with Crippen molar-refractivity contribution in [3.8, 4) is 0 Å². The highest BCUT2D eigenvalue weighted by Gasteiger charge is 2.35. The number of amides is 3. The van der Waals surface area contributed by atoms with E-state index in [-0.39, 0.29) is 61.3 Å². The van der Waals surface area contributed by atoms with Crippen molar-refractivity contribution in [1.82, 2.24) is 10.2 Å². The third-order valence-corrected chi connectivity index (χ3v) is 3.86. The summed E-state index contributed by atoms with van der Waals surface area (Å²) in [6.07, 6.45) is 0.309. The highest BCUT2D eigenvalue weighted by molar-refractivity contribution is 6.03. The van der Waals surface area contributed by atoms with Gasteiger partial charge in [-0.2, -0.15) is 0 Å². The Labute approximate surface area is 148 Å². The number of nitrogens with zero attached hydrogens (tertiary/aromatic N) is 1. The zero-order chi connectivity index (χ0) is 18.8. The van der Waals surface area contributed by atoms with E-state index in [1.807, 2.05) is 13.8 Å². The quantitative estimate of drug-likeness (QED) is 0.394. The normalized spacial score (nSPS) is 17.4. The highest BCUT2D eigenvalue weighted by atomic mass is 16.5. The van der Waals surface area contributed by atoms with Gasteiger partial charge in [0.2, 0.25) is 17.7 Å². The first-order valence-corrected chi connectivity index (χ1v) is 8.62. The molecular formula is C17H28N2O6. The number of ether oxygens (including phenoxy) is 2. The van der Waals surface area contributed by atoms with Crippen LogP contribution in [0.1, 0.15) is 33.6 Å². The molecule has 8 nitrogen and oxygen atoms in total. The maximum atomic E-state index is 11.7. The lowest BCUT2D eigenvalue weighted by Crippen LogP contribution is -2.35. The van der Waals surface area contributed by atoms with Gasteiger partial charge in [0, 0.05) is 37.8 Å². The highest BCUT2D eigenvalue weighted by Crippen LogP contribution is 2.18. The van der Waals surface area contributed by atoms with E-state index in [0.717, 1.165) is 4.90 Å². The van der Waals surface area contributed by atoms with Crippen molar-refractivity contribution >= 4 is 23.5 Å². The molecule has 0 aromatic heterocycles. The Kier molecular flexibility index (Phi) is 9.30. The average Bonchev–Trinajstić information content (AvgIpc) is 2.80. The summed E-state index contributed by atoms with van der Waals surface area (Å²) in [6.45, 7) is 6.88. The molecule has 1 N–H and O–H groups in total. The SMILES string of the molecule is CC(C)C(=O)COCCOCCNC(=O)CCN1C(=O)CC(C)C1=O. The van der Waals surface area contributed by atoms with Crippen molar-refractivity contribution in [3.63, 3.8) is 0 Å². The molecule has 1 atom stereocenters. The minimum atomic E-state index is -0.290. The van der Waals surface area contributed by atoms with Gasteiger partial charge in [-0.1, -0.05) is 20.8 Å². The summed E-state index contributed by atoms with van der Waals surface area (Å²) < 4.78 is 10.5. The third kappa shape index (κ3) is 7.74. The van der Waals surface area contributed by atoms with Crippen LogP contribution in [0, 0.1) is 11.8 Å². The van der Waals surface area contributed by atoms with Crippen molar-refractivity contribution in [1.29, 1.82) is 0 Å². The molecule has 1 fully saturated rings. The van der Waals surface area contributed by atoms with E-state index in [2.05, 4.69) is 5.32 Å². The molecule has 142 valence electrons. The Morgan fingerprint density at radius 2 is 1.88 bits per heavy atom. The van der Waals surface area contributed by atoms with Crippen molar-refractivity contribution in [2.75, 3.05) is 39.5 Å². The monoisotopic (exact) mass is 356 g/mol. The standard InChI is InChI=1S/C17H28N2O6/c1-12(2)14(20)11-25-9-8-24-7-5-18-15(21)4-6-19-16(22)10-13(3)17(19)23/h12-13H,4-11H2,1-3H3,(H,18,21). The number of hydrogen-bond acceptors (Lipinski definition) is 6. The Morgan fingerprint density at radius 3 is 2.48 bits per heavy atom. The van der Waals surface area contributed by atoms with Crippen LogP contribution >= 0.6 is 0 Å². The van der Waals surface area contributed by atoms with Gasteiger partial charge in [-0.3, -0.25) is 24.1 Å². The van der Waals surface area contributed by atoms with Gasteiger partial charge in [-0.25, -0.2) is 0 Å². The number of imide groups is 1. The molecule has 0 saturated carbocycles. The molecule has 1 heterocycles. The van der Waals surface area contributed by atoms with Crippen molar-refractivity contribution in [2.24, 2.45) is 11.8 Å². The largest absolute Gasteiger partial charge is 0.377 e. The molecule has 0 radical (unpaired) electrons. The van der Waals surface area contributed by atoms with Crippen molar-refractivity contribution in [2.45, 2.75) is 33.6 Å². The lowest BCUT2D eigenvalue weighted by atomic mass is 10.1. The average molecular weight is 356 g/mol. The van der Waals surface area contributed by atoms with Crippen LogP contribution in [-0.4, -0.2) is 67.9 Å². The Morgan fingerprint density at radius 1 is 1.20 bits per heavy atom. The molecule has 0 aliphatic carbocycles. The second-order valence-electron chi connectivity index (χ2n) is 6.37. The van der Waals surface area contributed by atoms with Gasteiger partial charge in [0.15, 0.2) is 5.78 Å². The van der Waals surface area contributed by atoms with Crippen LogP contribution in [0.2, 0.25) is 0 Å². The van der Waals surface area contributed by atoms with E-state index >= 15 is 0 Å². The molecule has 0 spiro atoms. The Bertz CT molecular complexity index is 492. The van der Waals surface area contributed by atoms with Crippen LogP contribution in [-0.2, 0) is 28.7 Å². The zero-order valence-electron chi connectivity index (χ0n) is 15.2. The van der Waals surface area contributed by atoms with Crippen molar-refractivity contribution < 1.29 is 28.7 Å². The minimum absolute atomic E-state index is 0.0366. The lowest BCUT2D eigenvalue weighted by molar-refractivity contribution is -0.139. The van der Waals surface area contributed by atoms with E-state index in [4.69, 9.17) is 9.47 Å². The number of ketones is 1. The number of likely N-dealkylation sites (tertiary alicyclic amines) is 1. The minimum Gasteiger partial charge on any atom is -0.377 e. The van der Waals surface area contributed by atoms with Gasteiger partial charge in [-0.05, 0) is 0 Å². The maximum absolute atomic E-state index is 11.7. The lowest BCUT2D eigenvalue weighted by Gasteiger charge is -2.14. The summed E-state index contributed by atoms with van der Waals surface area (Å²) in [5, 5.41) is 2.66. The van der Waals surface area contributed by atoms with Crippen molar-refractivity contribution in [3.05, 3.63) is 0 Å². The van der Waals surface area contributed by atoms with Crippen LogP contribution in [0.5, 0.6) is 0 Å². The molecule has 3 amide bonds. The smallest absolute Gasteiger partial charge is 0.232 e. The molecular weight excluding hydrogens is 328 g/mol. The molecule has 0 aromatic carbocycles. The predicted molar refractivity (Wildman–Crippen MR) is 89.6 cm³/mol. The summed E-state index contributed by atoms with van der Waals surface area (Å²) in [6, 6.07) is 0. The van der Waals surface area contributed by atoms with E-state index in [0.29, 0.717) is 26.4 Å². The second-order valence-corrected chi connectivity index (χ2v) is 6.37. The maximum Gasteiger partial charge on any atom is 0.232 e. The first-order chi connectivity index (χ1) is 11.8. The van der Waals surface area contributed by atoms with E-state index < -0.39 is 0 Å².